The lowest BCUT2D eigenvalue weighted by molar-refractivity contribution is 0.669. The first-order chi connectivity index (χ1) is 20.8. The second kappa shape index (κ2) is 9.03. The SMILES string of the molecule is c1ccc(-c2nc(-c3cccc4c3ccc3c5cccnc5sc43)nc(-c3cccc4oc5ccccc5c34)n2)cc1. The van der Waals surface area contributed by atoms with Gasteiger partial charge in [0.2, 0.25) is 0 Å². The molecule has 6 heteroatoms. The smallest absolute Gasteiger partial charge is 0.164 e. The lowest BCUT2D eigenvalue weighted by Gasteiger charge is -2.11. The molecule has 0 fully saturated rings. The lowest BCUT2D eigenvalue weighted by atomic mass is 10.0. The van der Waals surface area contributed by atoms with Crippen molar-refractivity contribution in [3.05, 3.63) is 121 Å². The number of pyridine rings is 1. The van der Waals surface area contributed by atoms with E-state index in [1.807, 2.05) is 72.9 Å². The molecule has 0 aliphatic heterocycles. The Morgan fingerprint density at radius 2 is 1.14 bits per heavy atom. The van der Waals surface area contributed by atoms with Gasteiger partial charge >= 0.3 is 0 Å². The van der Waals surface area contributed by atoms with Crippen molar-refractivity contribution in [3.8, 4) is 34.2 Å². The summed E-state index contributed by atoms with van der Waals surface area (Å²) in [7, 11) is 0. The van der Waals surface area contributed by atoms with Crippen LogP contribution >= 0.6 is 11.3 Å². The number of thiophene rings is 1. The Morgan fingerprint density at radius 1 is 0.476 bits per heavy atom. The number of nitrogens with zero attached hydrogens (tertiary/aromatic N) is 4. The molecule has 9 rings (SSSR count). The molecule has 0 aliphatic rings. The molecule has 0 radical (unpaired) electrons. The van der Waals surface area contributed by atoms with Gasteiger partial charge in [-0.25, -0.2) is 19.9 Å². The zero-order valence-corrected chi connectivity index (χ0v) is 23.0. The average molecular weight is 557 g/mol. The third-order valence-corrected chi connectivity index (χ3v) is 8.99. The quantitative estimate of drug-likeness (QED) is 0.217. The number of hydrogen-bond acceptors (Lipinski definition) is 6. The second-order valence-electron chi connectivity index (χ2n) is 10.3. The summed E-state index contributed by atoms with van der Waals surface area (Å²) in [5.41, 5.74) is 4.46. The van der Waals surface area contributed by atoms with Crippen molar-refractivity contribution in [1.29, 1.82) is 0 Å². The molecule has 0 spiro atoms. The van der Waals surface area contributed by atoms with Crippen molar-refractivity contribution < 1.29 is 4.42 Å². The highest BCUT2D eigenvalue weighted by atomic mass is 32.1. The van der Waals surface area contributed by atoms with Crippen LogP contribution in [0.2, 0.25) is 0 Å². The highest BCUT2D eigenvalue weighted by Crippen LogP contribution is 2.41. The molecule has 0 unspecified atom stereocenters. The van der Waals surface area contributed by atoms with E-state index in [-0.39, 0.29) is 0 Å². The van der Waals surface area contributed by atoms with Crippen molar-refractivity contribution in [2.24, 2.45) is 0 Å². The lowest BCUT2D eigenvalue weighted by Crippen LogP contribution is -2.00. The maximum Gasteiger partial charge on any atom is 0.164 e. The Bertz CT molecular complexity index is 2480. The molecule has 0 N–H and O–H groups in total. The standard InChI is InChI=1S/C36H20N4OS/c1-2-9-21(10-3-1)33-38-34(40-35(39-33)28-14-7-17-30-31(28)27-11-4-5-16-29(27)41-30)25-13-6-12-23-22(25)18-19-24-26-15-8-20-37-36(26)42-32(23)24/h1-20H. The monoisotopic (exact) mass is 556 g/mol. The van der Waals surface area contributed by atoms with E-state index in [1.165, 1.54) is 20.9 Å². The van der Waals surface area contributed by atoms with Gasteiger partial charge in [-0.15, -0.1) is 11.3 Å². The Labute approximate surface area is 243 Å². The molecule has 0 atom stereocenters. The zero-order chi connectivity index (χ0) is 27.6. The van der Waals surface area contributed by atoms with E-state index < -0.39 is 0 Å². The summed E-state index contributed by atoms with van der Waals surface area (Å²) in [5.74, 6) is 1.87. The van der Waals surface area contributed by atoms with Gasteiger partial charge in [-0.05, 0) is 29.7 Å². The fourth-order valence-electron chi connectivity index (χ4n) is 5.92. The maximum atomic E-state index is 6.19. The van der Waals surface area contributed by atoms with Crippen LogP contribution in [0.1, 0.15) is 0 Å². The van der Waals surface area contributed by atoms with Crippen LogP contribution in [0, 0.1) is 0 Å². The summed E-state index contributed by atoms with van der Waals surface area (Å²) in [6, 6.07) is 39.1. The van der Waals surface area contributed by atoms with Gasteiger partial charge in [0, 0.05) is 54.5 Å². The number of rotatable bonds is 3. The average Bonchev–Trinajstić information content (AvgIpc) is 3.63. The Kier molecular flexibility index (Phi) is 5.00. The molecule has 42 heavy (non-hydrogen) atoms. The molecule has 0 saturated carbocycles. The van der Waals surface area contributed by atoms with E-state index in [9.17, 15) is 0 Å². The number of aromatic nitrogens is 4. The zero-order valence-electron chi connectivity index (χ0n) is 22.2. The summed E-state index contributed by atoms with van der Waals surface area (Å²) >= 11 is 1.72. The molecule has 196 valence electrons. The predicted octanol–water partition coefficient (Wildman–Crippen LogP) is 9.69. The third-order valence-electron chi connectivity index (χ3n) is 7.82. The number of para-hydroxylation sites is 1. The van der Waals surface area contributed by atoms with Crippen LogP contribution in [0.5, 0.6) is 0 Å². The summed E-state index contributed by atoms with van der Waals surface area (Å²) in [5, 5.41) is 6.70. The van der Waals surface area contributed by atoms with Crippen molar-refractivity contribution in [1.82, 2.24) is 19.9 Å². The van der Waals surface area contributed by atoms with Gasteiger partial charge in [-0.3, -0.25) is 0 Å². The number of furan rings is 1. The van der Waals surface area contributed by atoms with E-state index in [4.69, 9.17) is 19.4 Å². The fourth-order valence-corrected chi connectivity index (χ4v) is 7.09. The first-order valence-electron chi connectivity index (χ1n) is 13.7. The minimum absolute atomic E-state index is 0.611. The first-order valence-corrected chi connectivity index (χ1v) is 14.5. The van der Waals surface area contributed by atoms with Gasteiger partial charge in [-0.1, -0.05) is 91.0 Å². The van der Waals surface area contributed by atoms with Crippen LogP contribution in [0.3, 0.4) is 0 Å². The van der Waals surface area contributed by atoms with Crippen LogP contribution in [-0.2, 0) is 0 Å². The van der Waals surface area contributed by atoms with E-state index >= 15 is 0 Å². The highest BCUT2D eigenvalue weighted by Gasteiger charge is 2.19. The number of benzene rings is 5. The highest BCUT2D eigenvalue weighted by molar-refractivity contribution is 7.26. The van der Waals surface area contributed by atoms with Crippen LogP contribution < -0.4 is 0 Å². The van der Waals surface area contributed by atoms with Crippen molar-refractivity contribution >= 4 is 64.4 Å². The van der Waals surface area contributed by atoms with Gasteiger partial charge < -0.3 is 4.42 Å². The van der Waals surface area contributed by atoms with Crippen LogP contribution in [0.4, 0.5) is 0 Å². The fraction of sp³-hybridized carbons (Fsp3) is 0. The molecule has 4 heterocycles. The minimum Gasteiger partial charge on any atom is -0.456 e. The molecule has 0 saturated heterocycles. The van der Waals surface area contributed by atoms with E-state index in [1.54, 1.807) is 11.3 Å². The van der Waals surface area contributed by atoms with Gasteiger partial charge in [0.05, 0.1) is 0 Å². The Balaban J connectivity index is 1.34. The van der Waals surface area contributed by atoms with E-state index in [2.05, 4.69) is 53.5 Å². The van der Waals surface area contributed by atoms with Crippen molar-refractivity contribution in [2.45, 2.75) is 0 Å². The molecule has 0 amide bonds. The van der Waals surface area contributed by atoms with E-state index in [0.29, 0.717) is 17.5 Å². The minimum atomic E-state index is 0.611. The molecule has 4 aromatic heterocycles. The van der Waals surface area contributed by atoms with E-state index in [0.717, 1.165) is 48.8 Å². The Morgan fingerprint density at radius 3 is 2.07 bits per heavy atom. The number of hydrogen-bond donors (Lipinski definition) is 0. The molecule has 5 aromatic carbocycles. The maximum absolute atomic E-state index is 6.19. The Hall–Kier alpha value is -5.46. The van der Waals surface area contributed by atoms with Crippen LogP contribution in [-0.4, -0.2) is 19.9 Å². The summed E-state index contributed by atoms with van der Waals surface area (Å²) in [6.07, 6.45) is 1.85. The molecule has 9 aromatic rings. The largest absolute Gasteiger partial charge is 0.456 e. The van der Waals surface area contributed by atoms with Crippen molar-refractivity contribution in [3.63, 3.8) is 0 Å². The third kappa shape index (κ3) is 3.49. The summed E-state index contributed by atoms with van der Waals surface area (Å²) in [4.78, 5) is 20.9. The van der Waals surface area contributed by atoms with Gasteiger partial charge in [-0.2, -0.15) is 0 Å². The van der Waals surface area contributed by atoms with Gasteiger partial charge in [0.25, 0.3) is 0 Å². The molecule has 0 bridgehead atoms. The molecular formula is C36H20N4OS. The summed E-state index contributed by atoms with van der Waals surface area (Å²) < 4.78 is 7.41. The van der Waals surface area contributed by atoms with Gasteiger partial charge in [0.1, 0.15) is 16.0 Å². The second-order valence-corrected chi connectivity index (χ2v) is 11.2. The molecular weight excluding hydrogens is 536 g/mol. The summed E-state index contributed by atoms with van der Waals surface area (Å²) in [6.45, 7) is 0. The molecule has 0 aliphatic carbocycles. The topological polar surface area (TPSA) is 64.7 Å². The normalized spacial score (nSPS) is 11.8. The predicted molar refractivity (Wildman–Crippen MR) is 172 cm³/mol. The molecule has 5 nitrogen and oxygen atoms in total. The van der Waals surface area contributed by atoms with Crippen LogP contribution in [0.15, 0.2) is 126 Å². The van der Waals surface area contributed by atoms with Crippen molar-refractivity contribution in [2.75, 3.05) is 0 Å². The number of fused-ring (bicyclic) bond motifs is 8. The van der Waals surface area contributed by atoms with Gasteiger partial charge in [0.15, 0.2) is 17.5 Å². The van der Waals surface area contributed by atoms with Crippen LogP contribution in [0.25, 0.3) is 87.2 Å². The first kappa shape index (κ1) is 23.3.